The zero-order valence-electron chi connectivity index (χ0n) is 27.3. The van der Waals surface area contributed by atoms with Gasteiger partial charge in [0.25, 0.3) is 0 Å². The third kappa shape index (κ3) is 7.61. The van der Waals surface area contributed by atoms with Gasteiger partial charge in [-0.2, -0.15) is 0 Å². The fraction of sp³-hybridized carbons (Fsp3) is 0.816. The molecule has 4 aliphatic carbocycles. The number of hydrogen-bond donors (Lipinski definition) is 2. The van der Waals surface area contributed by atoms with Crippen molar-refractivity contribution in [3.05, 3.63) is 29.3 Å². The van der Waals surface area contributed by atoms with Crippen LogP contribution in [0.25, 0.3) is 0 Å². The van der Waals surface area contributed by atoms with Crippen LogP contribution in [0.15, 0.2) is 18.2 Å². The number of alkyl halides is 1. The molecule has 1 aromatic rings. The second-order valence-corrected chi connectivity index (χ2v) is 15.2. The number of carbonyl (C=O) groups is 1. The maximum Gasteiger partial charge on any atom is 0.222 e. The summed E-state index contributed by atoms with van der Waals surface area (Å²) in [6.07, 6.45) is 19.2. The van der Waals surface area contributed by atoms with Crippen LogP contribution in [-0.2, 0) is 11.2 Å². The second kappa shape index (κ2) is 15.1. The van der Waals surface area contributed by atoms with Gasteiger partial charge in [0.1, 0.15) is 11.9 Å². The molecule has 6 unspecified atom stereocenters. The molecular weight excluding hydrogens is 537 g/mol. The van der Waals surface area contributed by atoms with Gasteiger partial charge in [0, 0.05) is 25.4 Å². The number of fused-ring (bicyclic) bond motifs is 5. The highest BCUT2D eigenvalue weighted by molar-refractivity contribution is 5.76. The first-order chi connectivity index (χ1) is 20.8. The normalized spacial score (nSPS) is 32.2. The average Bonchev–Trinajstić information content (AvgIpc) is 3.29. The van der Waals surface area contributed by atoms with E-state index in [0.29, 0.717) is 30.6 Å². The number of amides is 1. The molecule has 1 amide bonds. The van der Waals surface area contributed by atoms with Crippen molar-refractivity contribution in [3.63, 3.8) is 0 Å². The largest absolute Gasteiger partial charge is 0.508 e. The van der Waals surface area contributed by atoms with Crippen molar-refractivity contribution in [2.45, 2.75) is 154 Å². The number of phenolic OH excluding ortho intramolecular Hbond substituents is 1. The molecule has 0 spiro atoms. The van der Waals surface area contributed by atoms with E-state index in [1.165, 1.54) is 51.4 Å². The molecule has 0 aliphatic heterocycles. The molecule has 0 aromatic heterocycles. The van der Waals surface area contributed by atoms with E-state index < -0.39 is 12.3 Å². The van der Waals surface area contributed by atoms with Crippen LogP contribution in [-0.4, -0.2) is 46.4 Å². The van der Waals surface area contributed by atoms with Gasteiger partial charge in [0.15, 0.2) is 0 Å². The van der Waals surface area contributed by atoms with Crippen LogP contribution in [0.5, 0.6) is 5.75 Å². The maximum atomic E-state index is 16.1. The lowest BCUT2D eigenvalue weighted by Crippen LogP contribution is -2.51. The molecular formula is C38H60FNO3. The average molecular weight is 598 g/mol. The molecule has 1 aromatic carbocycles. The lowest BCUT2D eigenvalue weighted by atomic mass is 9.51. The van der Waals surface area contributed by atoms with Crippen molar-refractivity contribution in [2.24, 2.45) is 29.1 Å². The predicted molar refractivity (Wildman–Crippen MR) is 173 cm³/mol. The summed E-state index contributed by atoms with van der Waals surface area (Å²) < 4.78 is 16.1. The van der Waals surface area contributed by atoms with Gasteiger partial charge in [-0.05, 0) is 104 Å². The van der Waals surface area contributed by atoms with Crippen LogP contribution in [0.1, 0.15) is 146 Å². The number of unbranched alkanes of at least 4 members (excludes halogenated alkanes) is 5. The molecule has 0 bridgehead atoms. The van der Waals surface area contributed by atoms with Gasteiger partial charge in [0.2, 0.25) is 5.91 Å². The van der Waals surface area contributed by atoms with E-state index in [1.54, 1.807) is 6.07 Å². The SMILES string of the molecule is CCCCCCN(CCCCCC1Cc2cc(O)ccc2C2C(F)C[C@]3(C)C(O)CCC3C12)C(=O)CCC1CCCCC1. The molecule has 43 heavy (non-hydrogen) atoms. The number of hydrogen-bond acceptors (Lipinski definition) is 3. The Balaban J connectivity index is 1.18. The molecule has 3 saturated carbocycles. The van der Waals surface area contributed by atoms with Crippen LogP contribution in [0.4, 0.5) is 4.39 Å². The van der Waals surface area contributed by atoms with Gasteiger partial charge in [-0.25, -0.2) is 4.39 Å². The number of phenols is 1. The summed E-state index contributed by atoms with van der Waals surface area (Å²) in [6.45, 7) is 6.14. The Labute approximate surface area is 261 Å². The molecule has 5 rings (SSSR count). The molecule has 4 nitrogen and oxygen atoms in total. The zero-order chi connectivity index (χ0) is 30.4. The van der Waals surface area contributed by atoms with Gasteiger partial charge in [-0.1, -0.05) is 84.1 Å². The first-order valence-corrected chi connectivity index (χ1v) is 18.2. The van der Waals surface area contributed by atoms with Gasteiger partial charge in [-0.15, -0.1) is 0 Å². The van der Waals surface area contributed by atoms with E-state index in [0.717, 1.165) is 87.9 Å². The van der Waals surface area contributed by atoms with Gasteiger partial charge >= 0.3 is 0 Å². The monoisotopic (exact) mass is 597 g/mol. The Kier molecular flexibility index (Phi) is 11.5. The number of carbonyl (C=O) groups excluding carboxylic acids is 1. The Bertz CT molecular complexity index is 1040. The highest BCUT2D eigenvalue weighted by atomic mass is 19.1. The summed E-state index contributed by atoms with van der Waals surface area (Å²) >= 11 is 0. The highest BCUT2D eigenvalue weighted by Gasteiger charge is 2.59. The maximum absolute atomic E-state index is 16.1. The molecule has 7 atom stereocenters. The third-order valence-corrected chi connectivity index (χ3v) is 12.4. The fourth-order valence-electron chi connectivity index (χ4n) is 9.97. The lowest BCUT2D eigenvalue weighted by molar-refractivity contribution is -0.131. The number of benzene rings is 1. The van der Waals surface area contributed by atoms with Crippen LogP contribution < -0.4 is 0 Å². The minimum atomic E-state index is -0.953. The molecule has 0 saturated heterocycles. The van der Waals surface area contributed by atoms with Crippen molar-refractivity contribution >= 4 is 5.91 Å². The first kappa shape index (κ1) is 32.8. The van der Waals surface area contributed by atoms with E-state index in [2.05, 4.69) is 18.7 Å². The molecule has 0 radical (unpaired) electrons. The smallest absolute Gasteiger partial charge is 0.222 e. The highest BCUT2D eigenvalue weighted by Crippen LogP contribution is 2.63. The van der Waals surface area contributed by atoms with Crippen LogP contribution in [0.2, 0.25) is 0 Å². The van der Waals surface area contributed by atoms with Crippen molar-refractivity contribution in [3.8, 4) is 5.75 Å². The van der Waals surface area contributed by atoms with Gasteiger partial charge in [-0.3, -0.25) is 4.79 Å². The lowest BCUT2D eigenvalue weighted by Gasteiger charge is -2.54. The van der Waals surface area contributed by atoms with E-state index >= 15 is 4.39 Å². The Morgan fingerprint density at radius 3 is 2.47 bits per heavy atom. The zero-order valence-corrected chi connectivity index (χ0v) is 27.3. The number of rotatable bonds is 14. The number of aliphatic hydroxyl groups excluding tert-OH is 1. The fourth-order valence-corrected chi connectivity index (χ4v) is 9.97. The van der Waals surface area contributed by atoms with E-state index in [4.69, 9.17) is 0 Å². The standard InChI is InChI=1S/C38H60FNO3/c1-3-4-5-11-22-40(35(43)21-16-27-13-8-6-9-14-27)23-12-7-10-15-28-24-29-25-30(41)17-18-31(29)37-33(39)26-38(2)32(36(28)37)19-20-34(38)42/h17-18,25,27-28,32-34,36-37,41-42H,3-16,19-24,26H2,1-2H3/t28?,32?,33?,34?,36?,37?,38-/m0/s1. The second-order valence-electron chi connectivity index (χ2n) is 15.2. The molecule has 0 heterocycles. The van der Waals surface area contributed by atoms with E-state index in [9.17, 15) is 15.0 Å². The van der Waals surface area contributed by atoms with Crippen molar-refractivity contribution in [2.75, 3.05) is 13.1 Å². The Morgan fingerprint density at radius 2 is 1.72 bits per heavy atom. The third-order valence-electron chi connectivity index (χ3n) is 12.4. The van der Waals surface area contributed by atoms with E-state index in [-0.39, 0.29) is 23.0 Å². The topological polar surface area (TPSA) is 60.8 Å². The Morgan fingerprint density at radius 1 is 0.977 bits per heavy atom. The van der Waals surface area contributed by atoms with Crippen LogP contribution in [0.3, 0.4) is 0 Å². The van der Waals surface area contributed by atoms with Crippen molar-refractivity contribution in [1.29, 1.82) is 0 Å². The molecule has 2 N–H and O–H groups in total. The Hall–Kier alpha value is -1.62. The van der Waals surface area contributed by atoms with Crippen molar-refractivity contribution < 1.29 is 19.4 Å². The number of aliphatic hydroxyl groups is 1. The van der Waals surface area contributed by atoms with E-state index in [1.807, 2.05) is 12.1 Å². The molecule has 4 aliphatic rings. The number of nitrogens with zero attached hydrogens (tertiary/aromatic N) is 1. The van der Waals surface area contributed by atoms with Gasteiger partial charge in [0.05, 0.1) is 6.10 Å². The summed E-state index contributed by atoms with van der Waals surface area (Å²) in [7, 11) is 0. The minimum Gasteiger partial charge on any atom is -0.508 e. The first-order valence-electron chi connectivity index (χ1n) is 18.2. The summed E-state index contributed by atoms with van der Waals surface area (Å²) in [5, 5.41) is 21.2. The van der Waals surface area contributed by atoms with Crippen molar-refractivity contribution in [1.82, 2.24) is 4.90 Å². The molecule has 3 fully saturated rings. The van der Waals surface area contributed by atoms with Crippen LogP contribution >= 0.6 is 0 Å². The molecule has 242 valence electrons. The number of halogens is 1. The van der Waals surface area contributed by atoms with Crippen LogP contribution in [0, 0.1) is 29.1 Å². The summed E-state index contributed by atoms with van der Waals surface area (Å²) in [5.74, 6) is 2.23. The molecule has 5 heteroatoms. The number of aromatic hydroxyl groups is 1. The summed E-state index contributed by atoms with van der Waals surface area (Å²) in [4.78, 5) is 15.5. The quantitative estimate of drug-likeness (QED) is 0.210. The predicted octanol–water partition coefficient (Wildman–Crippen LogP) is 9.11. The minimum absolute atomic E-state index is 0.127. The summed E-state index contributed by atoms with van der Waals surface area (Å²) in [5.41, 5.74) is 1.89. The summed E-state index contributed by atoms with van der Waals surface area (Å²) in [6, 6.07) is 5.57. The van der Waals surface area contributed by atoms with Gasteiger partial charge < -0.3 is 15.1 Å².